The number of halogens is 2. The summed E-state index contributed by atoms with van der Waals surface area (Å²) in [6, 6.07) is 6.34. The molecule has 0 fully saturated rings. The van der Waals surface area contributed by atoms with E-state index in [9.17, 15) is 17.8 Å². The summed E-state index contributed by atoms with van der Waals surface area (Å²) in [5, 5.41) is 0.964. The minimum atomic E-state index is -1.49. The Hall–Kier alpha value is -1.40. The maximum Gasteiger partial charge on any atom is 0.178 e. The normalized spacial score (nSPS) is 14.1. The zero-order valence-corrected chi connectivity index (χ0v) is 11.6. The Morgan fingerprint density at radius 3 is 2.58 bits per heavy atom. The highest BCUT2D eigenvalue weighted by Gasteiger charge is 2.24. The first kappa shape index (κ1) is 14.0. The Morgan fingerprint density at radius 1 is 1.26 bits per heavy atom. The largest absolute Gasteiger partial charge is 0.293 e. The van der Waals surface area contributed by atoms with Crippen molar-refractivity contribution in [1.82, 2.24) is 0 Å². The van der Waals surface area contributed by atoms with E-state index in [1.807, 2.05) is 0 Å². The number of Topliss-reactive ketones (excluding diaryl/α,β-unsaturated/α-hetero) is 1. The fourth-order valence-electron chi connectivity index (χ4n) is 1.53. The van der Waals surface area contributed by atoms with Crippen LogP contribution in [0.15, 0.2) is 39.9 Å². The number of hydrogen-bond acceptors (Lipinski definition) is 3. The first-order valence-corrected chi connectivity index (χ1v) is 7.53. The number of rotatable bonds is 4. The van der Waals surface area contributed by atoms with Crippen LogP contribution in [0, 0.1) is 11.6 Å². The molecule has 1 aromatic heterocycles. The summed E-state index contributed by atoms with van der Waals surface area (Å²) in [5.74, 6) is -2.56. The molecular weight excluding hydrogens is 290 g/mol. The lowest BCUT2D eigenvalue weighted by molar-refractivity contribution is 0.0992. The molecule has 100 valence electrons. The molecule has 2 nitrogen and oxygen atoms in total. The number of thiophene rings is 1. The van der Waals surface area contributed by atoms with Crippen LogP contribution in [0.1, 0.15) is 17.3 Å². The van der Waals surface area contributed by atoms with Crippen molar-refractivity contribution in [2.75, 3.05) is 0 Å². The molecule has 2 rings (SSSR count). The van der Waals surface area contributed by atoms with Gasteiger partial charge in [0, 0.05) is 5.56 Å². The SMILES string of the molecule is CC(C(=O)c1ccc(F)c(F)c1)S(=O)c1cccs1. The van der Waals surface area contributed by atoms with Crippen LogP contribution in [-0.4, -0.2) is 15.2 Å². The number of ketones is 1. The molecule has 19 heavy (non-hydrogen) atoms. The second-order valence-corrected chi connectivity index (χ2v) is 6.81. The minimum absolute atomic E-state index is 0.0244. The van der Waals surface area contributed by atoms with Gasteiger partial charge in [-0.05, 0) is 36.6 Å². The second-order valence-electron chi connectivity index (χ2n) is 3.86. The predicted octanol–water partition coefficient (Wildman–Crippen LogP) is 3.41. The average Bonchev–Trinajstić information content (AvgIpc) is 2.93. The molecule has 0 radical (unpaired) electrons. The van der Waals surface area contributed by atoms with E-state index >= 15 is 0 Å². The topological polar surface area (TPSA) is 34.1 Å². The molecule has 0 aliphatic carbocycles. The van der Waals surface area contributed by atoms with Crippen LogP contribution in [0.5, 0.6) is 0 Å². The van der Waals surface area contributed by atoms with Gasteiger partial charge in [-0.25, -0.2) is 8.78 Å². The van der Waals surface area contributed by atoms with Gasteiger partial charge in [-0.15, -0.1) is 11.3 Å². The molecule has 1 aromatic carbocycles. The van der Waals surface area contributed by atoms with Crippen molar-refractivity contribution in [3.05, 3.63) is 52.9 Å². The van der Waals surface area contributed by atoms with E-state index < -0.39 is 33.5 Å². The van der Waals surface area contributed by atoms with Gasteiger partial charge >= 0.3 is 0 Å². The third-order valence-electron chi connectivity index (χ3n) is 2.59. The monoisotopic (exact) mass is 300 g/mol. The van der Waals surface area contributed by atoms with Gasteiger partial charge in [-0.1, -0.05) is 6.07 Å². The van der Waals surface area contributed by atoms with Crippen molar-refractivity contribution in [2.45, 2.75) is 16.4 Å². The predicted molar refractivity (Wildman–Crippen MR) is 70.9 cm³/mol. The van der Waals surface area contributed by atoms with E-state index in [0.717, 1.165) is 12.1 Å². The zero-order valence-electron chi connectivity index (χ0n) is 9.93. The first-order valence-electron chi connectivity index (χ1n) is 5.44. The summed E-state index contributed by atoms with van der Waals surface area (Å²) in [7, 11) is -1.49. The van der Waals surface area contributed by atoms with E-state index in [-0.39, 0.29) is 5.56 Å². The van der Waals surface area contributed by atoms with Crippen molar-refractivity contribution in [2.24, 2.45) is 0 Å². The van der Waals surface area contributed by atoms with Crippen molar-refractivity contribution < 1.29 is 17.8 Å². The number of benzene rings is 1. The lowest BCUT2D eigenvalue weighted by Gasteiger charge is -2.09. The van der Waals surface area contributed by atoms with Crippen LogP contribution >= 0.6 is 11.3 Å². The lowest BCUT2D eigenvalue weighted by atomic mass is 10.1. The Bertz CT molecular complexity index is 624. The molecule has 2 aromatic rings. The summed E-state index contributed by atoms with van der Waals surface area (Å²) in [6.45, 7) is 1.51. The van der Waals surface area contributed by atoms with E-state index in [1.54, 1.807) is 17.5 Å². The van der Waals surface area contributed by atoms with Gasteiger partial charge < -0.3 is 0 Å². The zero-order chi connectivity index (χ0) is 14.0. The molecule has 0 aliphatic rings. The van der Waals surface area contributed by atoms with E-state index in [4.69, 9.17) is 0 Å². The molecule has 0 saturated heterocycles. The molecule has 0 N–H and O–H groups in total. The third-order valence-corrected chi connectivity index (χ3v) is 5.42. The Labute approximate surface area is 115 Å². The van der Waals surface area contributed by atoms with Crippen LogP contribution in [0.3, 0.4) is 0 Å². The fourth-order valence-corrected chi connectivity index (χ4v) is 3.85. The molecule has 1 heterocycles. The average molecular weight is 300 g/mol. The molecule has 2 atom stereocenters. The Morgan fingerprint density at radius 2 is 2.00 bits per heavy atom. The van der Waals surface area contributed by atoms with Gasteiger partial charge in [0.25, 0.3) is 0 Å². The quantitative estimate of drug-likeness (QED) is 0.811. The highest BCUT2D eigenvalue weighted by molar-refractivity contribution is 7.88. The van der Waals surface area contributed by atoms with Crippen molar-refractivity contribution in [3.8, 4) is 0 Å². The summed E-state index contributed by atoms with van der Waals surface area (Å²) in [6.07, 6.45) is 0. The second kappa shape index (κ2) is 5.71. The van der Waals surface area contributed by atoms with Crippen LogP contribution < -0.4 is 0 Å². The fraction of sp³-hybridized carbons (Fsp3) is 0.154. The molecule has 0 saturated carbocycles. The van der Waals surface area contributed by atoms with Gasteiger partial charge in [-0.2, -0.15) is 0 Å². The van der Waals surface area contributed by atoms with E-state index in [2.05, 4.69) is 0 Å². The summed E-state index contributed by atoms with van der Waals surface area (Å²) >= 11 is 1.29. The van der Waals surface area contributed by atoms with Crippen molar-refractivity contribution >= 4 is 27.9 Å². The maximum absolute atomic E-state index is 13.1. The van der Waals surface area contributed by atoms with Gasteiger partial charge in [-0.3, -0.25) is 9.00 Å². The number of carbonyl (C=O) groups excluding carboxylic acids is 1. The Kier molecular flexibility index (Phi) is 4.21. The van der Waals surface area contributed by atoms with Gasteiger partial charge in [0.05, 0.1) is 15.0 Å². The van der Waals surface area contributed by atoms with Crippen molar-refractivity contribution in [3.63, 3.8) is 0 Å². The smallest absolute Gasteiger partial charge is 0.178 e. The van der Waals surface area contributed by atoms with Gasteiger partial charge in [0.2, 0.25) is 0 Å². The lowest BCUT2D eigenvalue weighted by Crippen LogP contribution is -2.22. The van der Waals surface area contributed by atoms with E-state index in [1.165, 1.54) is 24.3 Å². The molecular formula is C13H10F2O2S2. The number of carbonyl (C=O) groups is 1. The van der Waals surface area contributed by atoms with Gasteiger partial charge in [0.1, 0.15) is 5.25 Å². The number of hydrogen-bond donors (Lipinski definition) is 0. The van der Waals surface area contributed by atoms with Crippen molar-refractivity contribution in [1.29, 1.82) is 0 Å². The molecule has 0 spiro atoms. The molecule has 0 amide bonds. The van der Waals surface area contributed by atoms with Gasteiger partial charge in [0.15, 0.2) is 17.4 Å². The Balaban J connectivity index is 2.24. The molecule has 0 bridgehead atoms. The molecule has 0 aliphatic heterocycles. The van der Waals surface area contributed by atoms with Crippen LogP contribution in [0.25, 0.3) is 0 Å². The van der Waals surface area contributed by atoms with Crippen LogP contribution in [-0.2, 0) is 10.8 Å². The van der Waals surface area contributed by atoms with E-state index in [0.29, 0.717) is 4.21 Å². The van der Waals surface area contributed by atoms with Crippen LogP contribution in [0.2, 0.25) is 0 Å². The molecule has 2 unspecified atom stereocenters. The molecule has 6 heteroatoms. The summed E-state index contributed by atoms with van der Waals surface area (Å²) in [5.41, 5.74) is 0.0244. The summed E-state index contributed by atoms with van der Waals surface area (Å²) < 4.78 is 38.6. The highest BCUT2D eigenvalue weighted by Crippen LogP contribution is 2.20. The first-order chi connectivity index (χ1) is 9.00. The standard InChI is InChI=1S/C13H10F2O2S2/c1-8(19(17)12-3-2-6-18-12)13(16)9-4-5-10(14)11(15)7-9/h2-8H,1H3. The highest BCUT2D eigenvalue weighted by atomic mass is 32.2. The minimum Gasteiger partial charge on any atom is -0.293 e. The van der Waals surface area contributed by atoms with Crippen LogP contribution in [0.4, 0.5) is 8.78 Å². The summed E-state index contributed by atoms with van der Waals surface area (Å²) in [4.78, 5) is 12.1. The third kappa shape index (κ3) is 2.96. The maximum atomic E-state index is 13.1.